The van der Waals surface area contributed by atoms with Crippen LogP contribution in [0.1, 0.15) is 0 Å². The summed E-state index contributed by atoms with van der Waals surface area (Å²) in [5.41, 5.74) is 0. The molecule has 3 heteroatoms. The summed E-state index contributed by atoms with van der Waals surface area (Å²) in [6.45, 7) is 0.484. The van der Waals surface area contributed by atoms with Crippen molar-refractivity contribution >= 4 is 9.16 Å². The van der Waals surface area contributed by atoms with Gasteiger partial charge in [0, 0.05) is 0 Å². The van der Waals surface area contributed by atoms with E-state index in [9.17, 15) is 4.91 Å². The molecule has 2 nitrogen and oxygen atoms in total. The fraction of sp³-hybridized carbons (Fsp3) is 1.00. The Morgan fingerprint density at radius 1 is 1.22 bits per heavy atom. The van der Waals surface area contributed by atoms with Gasteiger partial charge in [-0.2, -0.15) is 4.91 Å². The van der Waals surface area contributed by atoms with E-state index in [2.05, 4.69) is 30.2 Å². The maximum atomic E-state index is 9.76. The molecule has 9 heavy (non-hydrogen) atoms. The summed E-state index contributed by atoms with van der Waals surface area (Å²) in [6.07, 6.45) is 8.99. The minimum atomic E-state index is -1.42. The first kappa shape index (κ1) is 8.95. The molecule has 0 fully saturated rings. The molecule has 0 saturated heterocycles. The third-order valence-electron chi connectivity index (χ3n) is 1.09. The van der Waals surface area contributed by atoms with Crippen molar-refractivity contribution in [3.63, 3.8) is 0 Å². The molecule has 0 amide bonds. The first-order valence-corrected chi connectivity index (χ1v) is 7.31. The summed E-state index contributed by atoms with van der Waals surface area (Å²) in [5, 5.41) is 2.85. The highest BCUT2D eigenvalue weighted by Crippen LogP contribution is 2.54. The van der Waals surface area contributed by atoms with Crippen molar-refractivity contribution in [2.45, 2.75) is 0 Å². The van der Waals surface area contributed by atoms with Gasteiger partial charge in [-0.1, -0.05) is 5.18 Å². The van der Waals surface area contributed by atoms with E-state index in [4.69, 9.17) is 0 Å². The van der Waals surface area contributed by atoms with E-state index in [0.29, 0.717) is 6.54 Å². The molecule has 0 saturated carbocycles. The molecular weight excluding hydrogens is 134 g/mol. The molecule has 0 bridgehead atoms. The Labute approximate surface area is 57.3 Å². The Hall–Kier alpha value is -0.0500. The maximum Gasteiger partial charge on any atom is 0.0873 e. The maximum absolute atomic E-state index is 9.76. The van der Waals surface area contributed by atoms with Crippen LogP contribution in [0, 0.1) is 4.91 Å². The Kier molecular flexibility index (Phi) is 2.28. The van der Waals surface area contributed by atoms with E-state index < -0.39 is 9.16 Å². The summed E-state index contributed by atoms with van der Waals surface area (Å²) < 4.78 is 0. The van der Waals surface area contributed by atoms with Crippen molar-refractivity contribution in [1.29, 1.82) is 0 Å². The average molecular weight is 151 g/mol. The van der Waals surface area contributed by atoms with Crippen molar-refractivity contribution in [3.05, 3.63) is 4.91 Å². The van der Waals surface area contributed by atoms with Crippen molar-refractivity contribution in [2.75, 3.05) is 37.3 Å². The van der Waals surface area contributed by atoms with Crippen LogP contribution in [-0.2, 0) is 0 Å². The Balaban J connectivity index is 3.73. The molecule has 0 unspecified atom stereocenters. The van der Waals surface area contributed by atoms with Gasteiger partial charge in [0.1, 0.15) is 0 Å². The zero-order valence-corrected chi connectivity index (χ0v) is 7.61. The normalized spacial score (nSPS) is 16.2. The number of nitrogens with zero attached hydrogens (tertiary/aromatic N) is 1. The first-order chi connectivity index (χ1) is 3.81. The minimum absolute atomic E-state index is 0.484. The van der Waals surface area contributed by atoms with Gasteiger partial charge in [-0.3, -0.25) is 9.16 Å². The van der Waals surface area contributed by atoms with Gasteiger partial charge in [0.25, 0.3) is 0 Å². The fourth-order valence-corrected chi connectivity index (χ4v) is 1.32. The number of hydrogen-bond donors (Lipinski definition) is 1. The van der Waals surface area contributed by atoms with Crippen LogP contribution in [0.15, 0.2) is 5.18 Å². The van der Waals surface area contributed by atoms with E-state index in [1.54, 1.807) is 0 Å². The summed E-state index contributed by atoms with van der Waals surface area (Å²) in [5.74, 6) is 0.981. The number of nitroso groups, excluding NO2 is 1. The van der Waals surface area contributed by atoms with Crippen molar-refractivity contribution < 1.29 is 0 Å². The molecule has 0 atom stereocenters. The predicted octanol–water partition coefficient (Wildman–Crippen LogP) is 1.34. The molecule has 0 aliphatic rings. The lowest BCUT2D eigenvalue weighted by Crippen LogP contribution is -2.16. The number of hydrogen-bond acceptors (Lipinski definition) is 2. The molecule has 0 N–H and O–H groups in total. The van der Waals surface area contributed by atoms with Crippen LogP contribution in [0.3, 0.4) is 0 Å². The SMILES string of the molecule is C[SH](C)(C)(C)CCN=O. The van der Waals surface area contributed by atoms with Gasteiger partial charge in [-0.25, -0.2) is 0 Å². The predicted molar refractivity (Wildman–Crippen MR) is 48.2 cm³/mol. The second-order valence-electron chi connectivity index (χ2n) is 4.52. The lowest BCUT2D eigenvalue weighted by atomic mass is 10.8. The molecule has 0 aromatic carbocycles. The highest BCUT2D eigenvalue weighted by molar-refractivity contribution is 8.47. The van der Waals surface area contributed by atoms with Crippen LogP contribution in [-0.4, -0.2) is 37.3 Å². The highest BCUT2D eigenvalue weighted by Gasteiger charge is 2.17. The standard InChI is InChI=1S/C6H17NOS/c1-9(2,3,4)6-5-7-8/h9H,5-6H2,1-4H3. The van der Waals surface area contributed by atoms with Crippen molar-refractivity contribution in [1.82, 2.24) is 0 Å². The molecule has 0 aromatic heterocycles. The van der Waals surface area contributed by atoms with E-state index in [1.165, 1.54) is 0 Å². The van der Waals surface area contributed by atoms with E-state index in [1.807, 2.05) is 0 Å². The first-order valence-electron chi connectivity index (χ1n) is 3.10. The van der Waals surface area contributed by atoms with Gasteiger partial charge in [-0.05, 0) is 30.8 Å². The van der Waals surface area contributed by atoms with Crippen LogP contribution in [0.4, 0.5) is 0 Å². The van der Waals surface area contributed by atoms with Crippen LogP contribution in [0.5, 0.6) is 0 Å². The molecule has 0 spiro atoms. The summed E-state index contributed by atoms with van der Waals surface area (Å²) in [4.78, 5) is 9.76. The second-order valence-corrected chi connectivity index (χ2v) is 12.9. The van der Waals surface area contributed by atoms with Crippen LogP contribution in [0.25, 0.3) is 0 Å². The largest absolute Gasteiger partial charge is 0.291 e. The van der Waals surface area contributed by atoms with Crippen molar-refractivity contribution in [2.24, 2.45) is 5.18 Å². The van der Waals surface area contributed by atoms with E-state index in [0.717, 1.165) is 5.75 Å². The highest BCUT2D eigenvalue weighted by atomic mass is 32.3. The van der Waals surface area contributed by atoms with Gasteiger partial charge in [-0.15, -0.1) is 0 Å². The molecule has 0 radical (unpaired) electrons. The molecular formula is C6H17NOS. The quantitative estimate of drug-likeness (QED) is 0.479. The lowest BCUT2D eigenvalue weighted by Gasteiger charge is -2.46. The van der Waals surface area contributed by atoms with Gasteiger partial charge < -0.3 is 0 Å². The Bertz CT molecular complexity index is 105. The van der Waals surface area contributed by atoms with Crippen LogP contribution >= 0.6 is 9.16 Å². The monoisotopic (exact) mass is 151 g/mol. The number of thiol groups is 1. The van der Waals surface area contributed by atoms with Crippen LogP contribution < -0.4 is 0 Å². The molecule has 0 aliphatic heterocycles. The summed E-state index contributed by atoms with van der Waals surface area (Å²) in [7, 11) is -1.42. The van der Waals surface area contributed by atoms with Gasteiger partial charge in [0.15, 0.2) is 0 Å². The molecule has 58 valence electrons. The Morgan fingerprint density at radius 3 is 1.78 bits per heavy atom. The zero-order chi connectivity index (χ0) is 7.57. The smallest absolute Gasteiger partial charge is 0.0873 e. The third-order valence-corrected chi connectivity index (χ3v) is 3.07. The Morgan fingerprint density at radius 2 is 1.67 bits per heavy atom. The van der Waals surface area contributed by atoms with E-state index in [-0.39, 0.29) is 0 Å². The molecule has 0 aliphatic carbocycles. The lowest BCUT2D eigenvalue weighted by molar-refractivity contribution is 1.12. The van der Waals surface area contributed by atoms with Gasteiger partial charge in [0.2, 0.25) is 0 Å². The third kappa shape index (κ3) is 7.95. The topological polar surface area (TPSA) is 29.4 Å². The zero-order valence-electron chi connectivity index (χ0n) is 6.72. The molecule has 0 heterocycles. The molecule has 0 rings (SSSR count). The second kappa shape index (κ2) is 2.29. The summed E-state index contributed by atoms with van der Waals surface area (Å²) >= 11 is 0. The molecule has 0 aromatic rings. The summed E-state index contributed by atoms with van der Waals surface area (Å²) in [6, 6.07) is 0. The van der Waals surface area contributed by atoms with E-state index >= 15 is 0 Å². The number of rotatable bonds is 3. The van der Waals surface area contributed by atoms with Crippen molar-refractivity contribution in [3.8, 4) is 0 Å². The average Bonchev–Trinajstić information content (AvgIpc) is 1.57. The van der Waals surface area contributed by atoms with Crippen LogP contribution in [0.2, 0.25) is 0 Å². The van der Waals surface area contributed by atoms with Gasteiger partial charge in [0.05, 0.1) is 6.54 Å². The fourth-order valence-electron chi connectivity index (χ4n) is 0.441. The minimum Gasteiger partial charge on any atom is -0.291 e. The van der Waals surface area contributed by atoms with Gasteiger partial charge >= 0.3 is 0 Å².